The van der Waals surface area contributed by atoms with E-state index in [1.165, 1.54) is 6.07 Å². The van der Waals surface area contributed by atoms with E-state index in [2.05, 4.69) is 31.2 Å². The van der Waals surface area contributed by atoms with Gasteiger partial charge < -0.3 is 10.3 Å². The monoisotopic (exact) mass is 353 g/mol. The Bertz CT molecular complexity index is 613. The molecule has 2 aromatic rings. The van der Waals surface area contributed by atoms with E-state index in [0.29, 0.717) is 18.1 Å². The molecule has 2 N–H and O–H groups in total. The predicted molar refractivity (Wildman–Crippen MR) is 85.9 cm³/mol. The van der Waals surface area contributed by atoms with E-state index in [1.54, 1.807) is 11.8 Å². The second kappa shape index (κ2) is 7.61. The van der Waals surface area contributed by atoms with Crippen LogP contribution in [0.3, 0.4) is 0 Å². The van der Waals surface area contributed by atoms with Crippen LogP contribution in [-0.4, -0.2) is 16.5 Å². The number of hydrogen-bond acceptors (Lipinski definition) is 4. The Morgan fingerprint density at radius 1 is 1.35 bits per heavy atom. The molecule has 4 nitrogen and oxygen atoms in total. The smallest absolute Gasteiger partial charge is 0.251 e. The minimum atomic E-state index is -0.0979. The van der Waals surface area contributed by atoms with Gasteiger partial charge in [-0.05, 0) is 30.8 Å². The van der Waals surface area contributed by atoms with Crippen molar-refractivity contribution in [1.29, 1.82) is 0 Å². The van der Waals surface area contributed by atoms with Crippen molar-refractivity contribution in [2.75, 3.05) is 6.54 Å². The molecule has 1 aromatic carbocycles. The number of benzene rings is 1. The van der Waals surface area contributed by atoms with E-state index in [-0.39, 0.29) is 5.56 Å². The lowest BCUT2D eigenvalue weighted by Gasteiger charge is -2.05. The van der Waals surface area contributed by atoms with Gasteiger partial charge in [-0.2, -0.15) is 0 Å². The van der Waals surface area contributed by atoms with Crippen LogP contribution in [-0.2, 0) is 12.3 Å². The molecule has 0 aliphatic carbocycles. The van der Waals surface area contributed by atoms with Gasteiger partial charge in [0.2, 0.25) is 0 Å². The molecule has 2 rings (SSSR count). The summed E-state index contributed by atoms with van der Waals surface area (Å²) >= 11 is 5.06. The van der Waals surface area contributed by atoms with Crippen LogP contribution in [0.2, 0.25) is 0 Å². The lowest BCUT2D eigenvalue weighted by Crippen LogP contribution is -2.18. The van der Waals surface area contributed by atoms with Crippen LogP contribution < -0.4 is 10.9 Å². The molecule has 1 aromatic heterocycles. The minimum Gasteiger partial charge on any atom is -0.311 e. The summed E-state index contributed by atoms with van der Waals surface area (Å²) in [6, 6.07) is 9.61. The molecule has 0 unspecified atom stereocenters. The molecule has 0 aliphatic rings. The van der Waals surface area contributed by atoms with Crippen LogP contribution in [0, 0.1) is 0 Å². The molecule has 106 valence electrons. The first-order valence-corrected chi connectivity index (χ1v) is 8.13. The quantitative estimate of drug-likeness (QED) is 0.784. The average Bonchev–Trinajstić information content (AvgIpc) is 2.44. The zero-order chi connectivity index (χ0) is 14.4. The molecule has 6 heteroatoms. The van der Waals surface area contributed by atoms with Crippen LogP contribution in [0.25, 0.3) is 0 Å². The molecule has 0 aliphatic heterocycles. The molecule has 0 atom stereocenters. The molecule has 0 radical (unpaired) electrons. The number of rotatable bonds is 6. The van der Waals surface area contributed by atoms with Crippen LogP contribution >= 0.6 is 27.7 Å². The number of aromatic amines is 1. The SMILES string of the molecule is CCNCc1cc(=O)[nH]c(CSc2ccc(Br)cc2)n1. The maximum Gasteiger partial charge on any atom is 0.251 e. The van der Waals surface area contributed by atoms with Crippen molar-refractivity contribution in [1.82, 2.24) is 15.3 Å². The number of halogens is 1. The maximum atomic E-state index is 11.6. The Morgan fingerprint density at radius 2 is 2.10 bits per heavy atom. The summed E-state index contributed by atoms with van der Waals surface area (Å²) in [5, 5.41) is 3.17. The highest BCUT2D eigenvalue weighted by molar-refractivity contribution is 9.10. The van der Waals surface area contributed by atoms with Gasteiger partial charge in [-0.15, -0.1) is 11.8 Å². The van der Waals surface area contributed by atoms with Gasteiger partial charge in [0, 0.05) is 22.0 Å². The van der Waals surface area contributed by atoms with Gasteiger partial charge in [0.15, 0.2) is 0 Å². The first-order valence-electron chi connectivity index (χ1n) is 6.35. The lowest BCUT2D eigenvalue weighted by atomic mass is 10.4. The minimum absolute atomic E-state index is 0.0979. The fourth-order valence-corrected chi connectivity index (χ4v) is 2.69. The average molecular weight is 354 g/mol. The van der Waals surface area contributed by atoms with Gasteiger partial charge >= 0.3 is 0 Å². The van der Waals surface area contributed by atoms with Crippen LogP contribution in [0.1, 0.15) is 18.4 Å². The summed E-state index contributed by atoms with van der Waals surface area (Å²) in [5.74, 6) is 1.36. The fraction of sp³-hybridized carbons (Fsp3) is 0.286. The molecule has 0 saturated carbocycles. The molecule has 20 heavy (non-hydrogen) atoms. The molecular weight excluding hydrogens is 338 g/mol. The first kappa shape index (κ1) is 15.3. The Kier molecular flexibility index (Phi) is 5.82. The van der Waals surface area contributed by atoms with Crippen molar-refractivity contribution in [3.05, 3.63) is 56.7 Å². The van der Waals surface area contributed by atoms with Gasteiger partial charge in [0.25, 0.3) is 5.56 Å². The van der Waals surface area contributed by atoms with Crippen molar-refractivity contribution in [2.24, 2.45) is 0 Å². The second-order valence-corrected chi connectivity index (χ2v) is 6.17. The van der Waals surface area contributed by atoms with Crippen LogP contribution in [0.15, 0.2) is 44.5 Å². The molecular formula is C14H16BrN3OS. The van der Waals surface area contributed by atoms with E-state index < -0.39 is 0 Å². The molecule has 0 fully saturated rings. The van der Waals surface area contributed by atoms with Crippen molar-refractivity contribution >= 4 is 27.7 Å². The van der Waals surface area contributed by atoms with Crippen LogP contribution in [0.4, 0.5) is 0 Å². The van der Waals surface area contributed by atoms with Gasteiger partial charge in [0.05, 0.1) is 11.4 Å². The second-order valence-electron chi connectivity index (χ2n) is 4.21. The summed E-state index contributed by atoms with van der Waals surface area (Å²) in [6.07, 6.45) is 0. The zero-order valence-electron chi connectivity index (χ0n) is 11.1. The maximum absolute atomic E-state index is 11.6. The molecule has 0 bridgehead atoms. The third-order valence-electron chi connectivity index (χ3n) is 2.59. The highest BCUT2D eigenvalue weighted by Gasteiger charge is 2.02. The zero-order valence-corrected chi connectivity index (χ0v) is 13.6. The summed E-state index contributed by atoms with van der Waals surface area (Å²) in [6.45, 7) is 3.51. The van der Waals surface area contributed by atoms with Gasteiger partial charge in [-0.3, -0.25) is 4.79 Å². The summed E-state index contributed by atoms with van der Waals surface area (Å²) in [7, 11) is 0. The van der Waals surface area contributed by atoms with E-state index in [4.69, 9.17) is 0 Å². The van der Waals surface area contributed by atoms with E-state index >= 15 is 0 Å². The molecule has 0 saturated heterocycles. The normalized spacial score (nSPS) is 10.7. The van der Waals surface area contributed by atoms with Crippen molar-refractivity contribution < 1.29 is 0 Å². The number of H-pyrrole nitrogens is 1. The fourth-order valence-electron chi connectivity index (χ4n) is 1.66. The van der Waals surface area contributed by atoms with Crippen molar-refractivity contribution in [3.8, 4) is 0 Å². The Labute approximate surface area is 130 Å². The number of aromatic nitrogens is 2. The highest BCUT2D eigenvalue weighted by atomic mass is 79.9. The van der Waals surface area contributed by atoms with Crippen LogP contribution in [0.5, 0.6) is 0 Å². The standard InChI is InChI=1S/C14H16BrN3OS/c1-2-16-8-11-7-14(19)18-13(17-11)9-20-12-5-3-10(15)4-6-12/h3-7,16H,2,8-9H2,1H3,(H,17,18,19). The van der Waals surface area contributed by atoms with E-state index in [1.807, 2.05) is 31.2 Å². The largest absolute Gasteiger partial charge is 0.311 e. The summed E-state index contributed by atoms with van der Waals surface area (Å²) < 4.78 is 1.06. The van der Waals surface area contributed by atoms with Gasteiger partial charge in [-0.25, -0.2) is 4.98 Å². The number of thioether (sulfide) groups is 1. The first-order chi connectivity index (χ1) is 9.67. The third-order valence-corrected chi connectivity index (χ3v) is 4.14. The lowest BCUT2D eigenvalue weighted by molar-refractivity contribution is 0.702. The Balaban J connectivity index is 2.03. The number of hydrogen-bond donors (Lipinski definition) is 2. The highest BCUT2D eigenvalue weighted by Crippen LogP contribution is 2.22. The Hall–Kier alpha value is -1.11. The topological polar surface area (TPSA) is 57.8 Å². The predicted octanol–water partition coefficient (Wildman–Crippen LogP) is 2.93. The molecule has 0 amide bonds. The summed E-state index contributed by atoms with van der Waals surface area (Å²) in [5.41, 5.74) is 0.682. The van der Waals surface area contributed by atoms with Crippen molar-refractivity contribution in [2.45, 2.75) is 24.1 Å². The number of nitrogens with one attached hydrogen (secondary N) is 2. The van der Waals surface area contributed by atoms with E-state index in [9.17, 15) is 4.79 Å². The third kappa shape index (κ3) is 4.77. The van der Waals surface area contributed by atoms with Gasteiger partial charge in [-0.1, -0.05) is 22.9 Å². The summed E-state index contributed by atoms with van der Waals surface area (Å²) in [4.78, 5) is 20.0. The molecule has 1 heterocycles. The van der Waals surface area contributed by atoms with Gasteiger partial charge in [0.1, 0.15) is 5.82 Å². The van der Waals surface area contributed by atoms with Crippen molar-refractivity contribution in [3.63, 3.8) is 0 Å². The van der Waals surface area contributed by atoms with E-state index in [0.717, 1.165) is 21.6 Å². The number of nitrogens with zero attached hydrogens (tertiary/aromatic N) is 1. The molecule has 0 spiro atoms. The Morgan fingerprint density at radius 3 is 2.80 bits per heavy atom.